The number of carbonyl (C=O) groups excluding carboxylic acids is 1. The number of likely N-dealkylation sites (tertiary alicyclic amines) is 1. The predicted octanol–water partition coefficient (Wildman–Crippen LogP) is 1.01. The first-order chi connectivity index (χ1) is 13.2. The summed E-state index contributed by atoms with van der Waals surface area (Å²) in [7, 11) is 0. The van der Waals surface area contributed by atoms with Gasteiger partial charge >= 0.3 is 0 Å². The Morgan fingerprint density at radius 3 is 2.70 bits per heavy atom. The largest absolute Gasteiger partial charge is 0.491 e. The third kappa shape index (κ3) is 5.42. The number of aliphatic hydroxyl groups excluding tert-OH is 1. The van der Waals surface area contributed by atoms with E-state index in [9.17, 15) is 9.90 Å². The maximum atomic E-state index is 12.9. The molecule has 146 valence electrons. The summed E-state index contributed by atoms with van der Waals surface area (Å²) in [5.41, 5.74) is 0.570. The molecule has 2 unspecified atom stereocenters. The van der Waals surface area contributed by atoms with Crippen LogP contribution >= 0.6 is 0 Å². The lowest BCUT2D eigenvalue weighted by Gasteiger charge is -2.39. The Bertz CT molecular complexity index is 652. The molecular weight excluding hydrogens is 346 g/mol. The number of morpholine rings is 1. The van der Waals surface area contributed by atoms with Crippen molar-refractivity contribution in [3.63, 3.8) is 0 Å². The van der Waals surface area contributed by atoms with Crippen LogP contribution in [0.15, 0.2) is 24.3 Å². The first-order valence-electron chi connectivity index (χ1n) is 9.59. The SMILES string of the molecule is N#Cc1ccc(OCC(O)CN2CCCCC2C(=O)N2CCOCC2)cc1. The van der Waals surface area contributed by atoms with E-state index in [2.05, 4.69) is 11.0 Å². The van der Waals surface area contributed by atoms with Crippen LogP contribution in [0.5, 0.6) is 5.75 Å². The molecule has 0 saturated carbocycles. The van der Waals surface area contributed by atoms with Crippen LogP contribution in [0.4, 0.5) is 0 Å². The van der Waals surface area contributed by atoms with Gasteiger partial charge in [0, 0.05) is 19.6 Å². The summed E-state index contributed by atoms with van der Waals surface area (Å²) in [5, 5.41) is 19.2. The van der Waals surface area contributed by atoms with Crippen molar-refractivity contribution >= 4 is 5.91 Å². The predicted molar refractivity (Wildman–Crippen MR) is 99.3 cm³/mol. The van der Waals surface area contributed by atoms with Gasteiger partial charge < -0.3 is 19.5 Å². The molecule has 0 bridgehead atoms. The fraction of sp³-hybridized carbons (Fsp3) is 0.600. The fourth-order valence-electron chi connectivity index (χ4n) is 3.63. The number of piperidine rings is 1. The van der Waals surface area contributed by atoms with E-state index in [0.29, 0.717) is 44.2 Å². The van der Waals surface area contributed by atoms with Crippen molar-refractivity contribution in [3.8, 4) is 11.8 Å². The van der Waals surface area contributed by atoms with Gasteiger partial charge in [-0.3, -0.25) is 9.69 Å². The molecule has 2 aliphatic heterocycles. The molecule has 0 aliphatic carbocycles. The number of hydrogen-bond acceptors (Lipinski definition) is 6. The van der Waals surface area contributed by atoms with Crippen LogP contribution in [-0.4, -0.2) is 79.0 Å². The van der Waals surface area contributed by atoms with Crippen LogP contribution in [0.2, 0.25) is 0 Å². The Morgan fingerprint density at radius 1 is 1.26 bits per heavy atom. The van der Waals surface area contributed by atoms with Crippen molar-refractivity contribution in [1.82, 2.24) is 9.80 Å². The van der Waals surface area contributed by atoms with Crippen molar-refractivity contribution < 1.29 is 19.4 Å². The van der Waals surface area contributed by atoms with Crippen LogP contribution in [0, 0.1) is 11.3 Å². The highest BCUT2D eigenvalue weighted by Gasteiger charge is 2.33. The smallest absolute Gasteiger partial charge is 0.240 e. The first kappa shape index (κ1) is 19.6. The first-order valence-corrected chi connectivity index (χ1v) is 9.59. The minimum atomic E-state index is -0.682. The maximum absolute atomic E-state index is 12.9. The molecule has 2 fully saturated rings. The summed E-state index contributed by atoms with van der Waals surface area (Å²) >= 11 is 0. The summed E-state index contributed by atoms with van der Waals surface area (Å²) < 4.78 is 11.0. The lowest BCUT2D eigenvalue weighted by molar-refractivity contribution is -0.143. The highest BCUT2D eigenvalue weighted by Crippen LogP contribution is 2.20. The molecule has 0 spiro atoms. The van der Waals surface area contributed by atoms with E-state index in [1.165, 1.54) is 0 Å². The Hall–Kier alpha value is -2.14. The molecule has 2 heterocycles. The second-order valence-electron chi connectivity index (χ2n) is 7.05. The number of hydrogen-bond donors (Lipinski definition) is 1. The molecule has 2 aliphatic rings. The third-order valence-corrected chi connectivity index (χ3v) is 5.09. The Balaban J connectivity index is 1.51. The van der Waals surface area contributed by atoms with E-state index in [0.717, 1.165) is 25.8 Å². The van der Waals surface area contributed by atoms with Crippen molar-refractivity contribution in [3.05, 3.63) is 29.8 Å². The molecule has 2 atom stereocenters. The quantitative estimate of drug-likeness (QED) is 0.801. The van der Waals surface area contributed by atoms with Crippen molar-refractivity contribution in [1.29, 1.82) is 5.26 Å². The van der Waals surface area contributed by atoms with E-state index >= 15 is 0 Å². The summed E-state index contributed by atoms with van der Waals surface area (Å²) in [6.07, 6.45) is 2.23. The summed E-state index contributed by atoms with van der Waals surface area (Å²) in [4.78, 5) is 16.8. The zero-order valence-corrected chi connectivity index (χ0v) is 15.5. The highest BCUT2D eigenvalue weighted by molar-refractivity contribution is 5.82. The Labute approximate surface area is 160 Å². The van der Waals surface area contributed by atoms with Crippen LogP contribution in [0.3, 0.4) is 0 Å². The molecular formula is C20H27N3O4. The number of nitriles is 1. The van der Waals surface area contributed by atoms with Gasteiger partial charge in [0.2, 0.25) is 5.91 Å². The van der Waals surface area contributed by atoms with Gasteiger partial charge in [-0.2, -0.15) is 5.26 Å². The minimum Gasteiger partial charge on any atom is -0.491 e. The summed E-state index contributed by atoms with van der Waals surface area (Å²) in [6, 6.07) is 8.70. The van der Waals surface area contributed by atoms with Gasteiger partial charge in [-0.25, -0.2) is 0 Å². The van der Waals surface area contributed by atoms with Gasteiger partial charge in [-0.05, 0) is 43.7 Å². The van der Waals surface area contributed by atoms with E-state index in [4.69, 9.17) is 14.7 Å². The lowest BCUT2D eigenvalue weighted by Crippen LogP contribution is -2.55. The fourth-order valence-corrected chi connectivity index (χ4v) is 3.63. The van der Waals surface area contributed by atoms with Crippen LogP contribution in [-0.2, 0) is 9.53 Å². The van der Waals surface area contributed by atoms with Crippen LogP contribution in [0.25, 0.3) is 0 Å². The average molecular weight is 373 g/mol. The second-order valence-corrected chi connectivity index (χ2v) is 7.05. The summed E-state index contributed by atoms with van der Waals surface area (Å²) in [5.74, 6) is 0.769. The normalized spacial score (nSPS) is 22.1. The molecule has 2 saturated heterocycles. The van der Waals surface area contributed by atoms with E-state index in [1.54, 1.807) is 24.3 Å². The molecule has 1 aromatic carbocycles. The van der Waals surface area contributed by atoms with Gasteiger partial charge in [0.15, 0.2) is 0 Å². The van der Waals surface area contributed by atoms with Gasteiger partial charge in [0.05, 0.1) is 30.9 Å². The van der Waals surface area contributed by atoms with Crippen LogP contribution in [0.1, 0.15) is 24.8 Å². The van der Waals surface area contributed by atoms with Crippen molar-refractivity contribution in [2.45, 2.75) is 31.4 Å². The molecule has 1 aromatic rings. The monoisotopic (exact) mass is 373 g/mol. The molecule has 7 nitrogen and oxygen atoms in total. The topological polar surface area (TPSA) is 86.0 Å². The number of benzene rings is 1. The summed E-state index contributed by atoms with van der Waals surface area (Å²) in [6.45, 7) is 3.87. The lowest BCUT2D eigenvalue weighted by atomic mass is 10.00. The number of ether oxygens (including phenoxy) is 2. The highest BCUT2D eigenvalue weighted by atomic mass is 16.5. The van der Waals surface area contributed by atoms with E-state index in [1.807, 2.05) is 4.90 Å². The van der Waals surface area contributed by atoms with E-state index < -0.39 is 6.10 Å². The van der Waals surface area contributed by atoms with Crippen molar-refractivity contribution in [2.75, 3.05) is 46.0 Å². The number of rotatable bonds is 6. The maximum Gasteiger partial charge on any atom is 0.240 e. The second kappa shape index (κ2) is 9.70. The molecule has 7 heteroatoms. The minimum absolute atomic E-state index is 0.151. The molecule has 1 amide bonds. The van der Waals surface area contributed by atoms with Crippen molar-refractivity contribution in [2.24, 2.45) is 0 Å². The van der Waals surface area contributed by atoms with Gasteiger partial charge in [-0.15, -0.1) is 0 Å². The molecule has 0 aromatic heterocycles. The molecule has 0 radical (unpaired) electrons. The zero-order valence-electron chi connectivity index (χ0n) is 15.5. The number of nitrogens with zero attached hydrogens (tertiary/aromatic N) is 3. The molecule has 3 rings (SSSR count). The number of carbonyl (C=O) groups is 1. The zero-order chi connectivity index (χ0) is 19.1. The third-order valence-electron chi connectivity index (χ3n) is 5.09. The molecule has 1 N–H and O–H groups in total. The number of aliphatic hydroxyl groups is 1. The van der Waals surface area contributed by atoms with Gasteiger partial charge in [0.1, 0.15) is 18.5 Å². The van der Waals surface area contributed by atoms with Crippen LogP contribution < -0.4 is 4.74 Å². The van der Waals surface area contributed by atoms with E-state index in [-0.39, 0.29) is 18.6 Å². The Morgan fingerprint density at radius 2 is 2.00 bits per heavy atom. The van der Waals surface area contributed by atoms with Gasteiger partial charge in [-0.1, -0.05) is 6.42 Å². The average Bonchev–Trinajstić information content (AvgIpc) is 2.73. The van der Waals surface area contributed by atoms with Gasteiger partial charge in [0.25, 0.3) is 0 Å². The standard InChI is InChI=1S/C20H27N3O4/c21-13-16-4-6-18(7-5-16)27-15-17(24)14-23-8-2-1-3-19(23)20(25)22-9-11-26-12-10-22/h4-7,17,19,24H,1-3,8-12,14-15H2. The number of β-amino-alcohol motifs (C(OH)–C–C–N with tert-alkyl or cyclic N) is 1. The molecule has 27 heavy (non-hydrogen) atoms. The Kier molecular flexibility index (Phi) is 7.04. The number of amides is 1.